The van der Waals surface area contributed by atoms with E-state index in [1.54, 1.807) is 0 Å². The van der Waals surface area contributed by atoms with Crippen LogP contribution in [0.4, 0.5) is 11.5 Å². The molecule has 9 heteroatoms. The van der Waals surface area contributed by atoms with Crippen molar-refractivity contribution in [1.82, 2.24) is 9.97 Å². The Morgan fingerprint density at radius 3 is 2.41 bits per heavy atom. The Hall–Kier alpha value is -1.51. The lowest BCUT2D eigenvalue weighted by molar-refractivity contribution is -0.384. The molecule has 1 rings (SSSR count). The minimum Gasteiger partial charge on any atom is -0.395 e. The maximum absolute atomic E-state index is 10.8. The molecule has 0 aliphatic rings. The number of anilines is 1. The summed E-state index contributed by atoms with van der Waals surface area (Å²) in [4.78, 5) is 18.8. The third-order valence-electron chi connectivity index (χ3n) is 1.98. The van der Waals surface area contributed by atoms with Crippen molar-refractivity contribution in [2.75, 3.05) is 31.2 Å². The summed E-state index contributed by atoms with van der Waals surface area (Å²) < 4.78 is 0. The van der Waals surface area contributed by atoms with Gasteiger partial charge in [0.1, 0.15) is 6.33 Å². The summed E-state index contributed by atoms with van der Waals surface area (Å²) in [6.45, 7) is -0.235. The number of hydrogen-bond donors (Lipinski definition) is 2. The van der Waals surface area contributed by atoms with E-state index in [9.17, 15) is 10.1 Å². The molecule has 0 atom stereocenters. The van der Waals surface area contributed by atoms with Crippen molar-refractivity contribution in [2.45, 2.75) is 0 Å². The molecule has 0 aliphatic heterocycles. The van der Waals surface area contributed by atoms with E-state index in [0.29, 0.717) is 0 Å². The van der Waals surface area contributed by atoms with Crippen LogP contribution in [-0.2, 0) is 0 Å². The summed E-state index contributed by atoms with van der Waals surface area (Å²) >= 11 is 5.62. The predicted molar refractivity (Wildman–Crippen MR) is 60.1 cm³/mol. The topological polar surface area (TPSA) is 113 Å². The van der Waals surface area contributed by atoms with E-state index in [0.717, 1.165) is 6.33 Å². The maximum Gasteiger partial charge on any atom is 0.348 e. The zero-order valence-corrected chi connectivity index (χ0v) is 9.54. The number of aliphatic hydroxyl groups excluding tert-OH is 2. The number of halogens is 1. The zero-order valence-electron chi connectivity index (χ0n) is 8.78. The molecule has 94 valence electrons. The molecule has 0 bridgehead atoms. The second-order valence-electron chi connectivity index (χ2n) is 3.03. The number of nitrogens with zero attached hydrogens (tertiary/aromatic N) is 4. The second kappa shape index (κ2) is 6.28. The normalized spacial score (nSPS) is 10.3. The lowest BCUT2D eigenvalue weighted by Crippen LogP contribution is -2.31. The molecular weight excluding hydrogens is 252 g/mol. The van der Waals surface area contributed by atoms with Gasteiger partial charge in [-0.2, -0.15) is 0 Å². The van der Waals surface area contributed by atoms with E-state index < -0.39 is 10.6 Å². The predicted octanol–water partition coefficient (Wildman–Crippen LogP) is -0.171. The van der Waals surface area contributed by atoms with Crippen LogP contribution in [0.15, 0.2) is 6.33 Å². The molecule has 1 aromatic heterocycles. The van der Waals surface area contributed by atoms with Crippen molar-refractivity contribution >= 4 is 23.1 Å². The van der Waals surface area contributed by atoms with Gasteiger partial charge in [0.05, 0.1) is 18.1 Å². The molecule has 8 nitrogen and oxygen atoms in total. The van der Waals surface area contributed by atoms with Crippen LogP contribution in [0, 0.1) is 10.1 Å². The van der Waals surface area contributed by atoms with Crippen LogP contribution in [0.25, 0.3) is 0 Å². The Morgan fingerprint density at radius 2 is 1.94 bits per heavy atom. The molecule has 0 radical (unpaired) electrons. The van der Waals surface area contributed by atoms with Crippen molar-refractivity contribution in [3.05, 3.63) is 21.6 Å². The molecule has 0 aromatic carbocycles. The maximum atomic E-state index is 10.8. The average Bonchev–Trinajstić information content (AvgIpc) is 2.28. The Kier molecular flexibility index (Phi) is 5.01. The van der Waals surface area contributed by atoms with Gasteiger partial charge in [-0.25, -0.2) is 9.97 Å². The third-order valence-corrected chi connectivity index (χ3v) is 2.26. The Morgan fingerprint density at radius 1 is 1.35 bits per heavy atom. The quantitative estimate of drug-likeness (QED) is 0.416. The molecule has 0 fully saturated rings. The van der Waals surface area contributed by atoms with Gasteiger partial charge in [0.15, 0.2) is 0 Å². The molecule has 0 spiro atoms. The van der Waals surface area contributed by atoms with Crippen LogP contribution >= 0.6 is 11.6 Å². The molecule has 0 aliphatic carbocycles. The molecule has 0 amide bonds. The number of rotatable bonds is 6. The second-order valence-corrected chi connectivity index (χ2v) is 3.39. The van der Waals surface area contributed by atoms with Gasteiger partial charge in [-0.05, 0) is 0 Å². The summed E-state index contributed by atoms with van der Waals surface area (Å²) in [5.41, 5.74) is -0.434. The lowest BCUT2D eigenvalue weighted by Gasteiger charge is -2.20. The van der Waals surface area contributed by atoms with Gasteiger partial charge in [-0.1, -0.05) is 11.6 Å². The first-order valence-electron chi connectivity index (χ1n) is 4.73. The first-order chi connectivity index (χ1) is 8.11. The first-order valence-corrected chi connectivity index (χ1v) is 5.11. The number of hydrogen-bond acceptors (Lipinski definition) is 7. The van der Waals surface area contributed by atoms with Crippen LogP contribution < -0.4 is 4.90 Å². The zero-order chi connectivity index (χ0) is 12.8. The van der Waals surface area contributed by atoms with E-state index >= 15 is 0 Å². The smallest absolute Gasteiger partial charge is 0.348 e. The van der Waals surface area contributed by atoms with E-state index in [2.05, 4.69) is 9.97 Å². The van der Waals surface area contributed by atoms with Crippen molar-refractivity contribution in [3.63, 3.8) is 0 Å². The highest BCUT2D eigenvalue weighted by molar-refractivity contribution is 6.31. The van der Waals surface area contributed by atoms with Crippen LogP contribution in [0.5, 0.6) is 0 Å². The summed E-state index contributed by atoms with van der Waals surface area (Å²) in [7, 11) is 0. The highest BCUT2D eigenvalue weighted by atomic mass is 35.5. The van der Waals surface area contributed by atoms with E-state index in [1.165, 1.54) is 4.90 Å². The summed E-state index contributed by atoms with van der Waals surface area (Å²) in [5, 5.41) is 28.3. The molecule has 0 saturated heterocycles. The Labute approximate surface area is 102 Å². The van der Waals surface area contributed by atoms with Gasteiger partial charge >= 0.3 is 5.69 Å². The molecular formula is C8H11ClN4O4. The number of aliphatic hydroxyl groups is 2. The number of aromatic nitrogens is 2. The van der Waals surface area contributed by atoms with Gasteiger partial charge < -0.3 is 15.1 Å². The fourth-order valence-electron chi connectivity index (χ4n) is 1.30. The van der Waals surface area contributed by atoms with E-state index in [-0.39, 0.29) is 37.3 Å². The molecule has 1 aromatic rings. The minimum absolute atomic E-state index is 0.0156. The Balaban J connectivity index is 3.17. The van der Waals surface area contributed by atoms with Crippen LogP contribution in [0.2, 0.25) is 5.15 Å². The van der Waals surface area contributed by atoms with Crippen LogP contribution in [0.1, 0.15) is 0 Å². The van der Waals surface area contributed by atoms with Crippen molar-refractivity contribution in [3.8, 4) is 0 Å². The summed E-state index contributed by atoms with van der Waals surface area (Å²) in [5.74, 6) is -0.0156. The van der Waals surface area contributed by atoms with Crippen molar-refractivity contribution < 1.29 is 15.1 Å². The highest BCUT2D eigenvalue weighted by Gasteiger charge is 2.25. The standard InChI is InChI=1S/C8H11ClN4O4/c9-7-6(13(16)17)8(11-5-10-7)12(1-3-14)2-4-15/h5,14-15H,1-4H2. The van der Waals surface area contributed by atoms with Crippen molar-refractivity contribution in [1.29, 1.82) is 0 Å². The fourth-order valence-corrected chi connectivity index (χ4v) is 1.50. The van der Waals surface area contributed by atoms with Gasteiger partial charge in [0, 0.05) is 13.1 Å². The molecule has 1 heterocycles. The molecule has 2 N–H and O–H groups in total. The van der Waals surface area contributed by atoms with Gasteiger partial charge in [-0.3, -0.25) is 10.1 Å². The minimum atomic E-state index is -0.695. The average molecular weight is 263 g/mol. The van der Waals surface area contributed by atoms with E-state index in [4.69, 9.17) is 21.8 Å². The first kappa shape index (κ1) is 13.6. The number of nitro groups is 1. The highest BCUT2D eigenvalue weighted by Crippen LogP contribution is 2.30. The van der Waals surface area contributed by atoms with Crippen molar-refractivity contribution in [2.24, 2.45) is 0 Å². The lowest BCUT2D eigenvalue weighted by atomic mass is 10.4. The monoisotopic (exact) mass is 262 g/mol. The SMILES string of the molecule is O=[N+]([O-])c1c(Cl)ncnc1N(CCO)CCO. The summed E-state index contributed by atoms with van der Waals surface area (Å²) in [6.07, 6.45) is 1.09. The third kappa shape index (κ3) is 3.22. The molecule has 0 saturated carbocycles. The molecule has 17 heavy (non-hydrogen) atoms. The Bertz CT molecular complexity index is 397. The largest absolute Gasteiger partial charge is 0.395 e. The van der Waals surface area contributed by atoms with Gasteiger partial charge in [-0.15, -0.1) is 0 Å². The summed E-state index contributed by atoms with van der Waals surface area (Å²) in [6, 6.07) is 0. The molecule has 0 unspecified atom stereocenters. The van der Waals surface area contributed by atoms with Crippen LogP contribution in [0.3, 0.4) is 0 Å². The van der Waals surface area contributed by atoms with Gasteiger partial charge in [0.2, 0.25) is 11.0 Å². The van der Waals surface area contributed by atoms with Gasteiger partial charge in [0.25, 0.3) is 0 Å². The van der Waals surface area contributed by atoms with E-state index in [1.807, 2.05) is 0 Å². The van der Waals surface area contributed by atoms with Crippen LogP contribution in [-0.4, -0.2) is 51.4 Å². The fraction of sp³-hybridized carbons (Fsp3) is 0.500.